The summed E-state index contributed by atoms with van der Waals surface area (Å²) in [6.45, 7) is 3.32. The molecular formula is C11H10N4O3. The molecule has 1 aromatic carbocycles. The molecule has 0 fully saturated rings. The van der Waals surface area contributed by atoms with Crippen molar-refractivity contribution in [2.24, 2.45) is 0 Å². The van der Waals surface area contributed by atoms with Crippen LogP contribution in [0.25, 0.3) is 0 Å². The largest absolute Gasteiger partial charge is 0.280 e. The van der Waals surface area contributed by atoms with E-state index in [9.17, 15) is 14.9 Å². The Morgan fingerprint density at radius 1 is 1.39 bits per heavy atom. The number of nitro benzene ring substituents is 1. The van der Waals surface area contributed by atoms with Gasteiger partial charge in [0, 0.05) is 17.7 Å². The summed E-state index contributed by atoms with van der Waals surface area (Å²) < 4.78 is 1.13. The number of benzene rings is 1. The molecule has 0 saturated heterocycles. The van der Waals surface area contributed by atoms with E-state index in [4.69, 9.17) is 0 Å². The second-order valence-electron chi connectivity index (χ2n) is 3.73. The van der Waals surface area contributed by atoms with E-state index in [-0.39, 0.29) is 11.3 Å². The molecule has 0 saturated carbocycles. The average Bonchev–Trinajstić information content (AvgIpc) is 2.67. The van der Waals surface area contributed by atoms with Crippen molar-refractivity contribution in [1.29, 1.82) is 0 Å². The summed E-state index contributed by atoms with van der Waals surface area (Å²) in [4.78, 5) is 26.2. The zero-order valence-electron chi connectivity index (χ0n) is 9.82. The van der Waals surface area contributed by atoms with Crippen molar-refractivity contribution in [3.63, 3.8) is 0 Å². The first kappa shape index (κ1) is 11.9. The van der Waals surface area contributed by atoms with E-state index in [0.29, 0.717) is 11.6 Å². The second kappa shape index (κ2) is 4.36. The smallest absolute Gasteiger partial charge is 0.267 e. The summed E-state index contributed by atoms with van der Waals surface area (Å²) in [7, 11) is 0. The number of carbonyl (C=O) groups is 1. The number of aryl methyl sites for hydroxylation is 2. The van der Waals surface area contributed by atoms with Gasteiger partial charge >= 0.3 is 0 Å². The Bertz CT molecular complexity index is 633. The predicted octanol–water partition coefficient (Wildman–Crippen LogP) is 1.49. The fourth-order valence-electron chi connectivity index (χ4n) is 1.59. The first-order valence-electron chi connectivity index (χ1n) is 5.18. The van der Waals surface area contributed by atoms with Crippen LogP contribution >= 0.6 is 0 Å². The lowest BCUT2D eigenvalue weighted by atomic mass is 10.2. The molecule has 0 unspecified atom stereocenters. The van der Waals surface area contributed by atoms with Crippen LogP contribution in [-0.4, -0.2) is 25.6 Å². The molecule has 0 N–H and O–H groups in total. The van der Waals surface area contributed by atoms with Gasteiger partial charge in [-0.3, -0.25) is 14.9 Å². The molecule has 7 nitrogen and oxygen atoms in total. The van der Waals surface area contributed by atoms with Gasteiger partial charge < -0.3 is 0 Å². The minimum atomic E-state index is -0.545. The summed E-state index contributed by atoms with van der Waals surface area (Å²) in [6, 6.07) is 5.52. The van der Waals surface area contributed by atoms with Gasteiger partial charge in [0.25, 0.3) is 11.6 Å². The fraction of sp³-hybridized carbons (Fsp3) is 0.182. The quantitative estimate of drug-likeness (QED) is 0.591. The average molecular weight is 246 g/mol. The lowest BCUT2D eigenvalue weighted by molar-refractivity contribution is -0.384. The van der Waals surface area contributed by atoms with Crippen LogP contribution in [0, 0.1) is 24.0 Å². The number of hydrogen-bond donors (Lipinski definition) is 0. The van der Waals surface area contributed by atoms with Gasteiger partial charge in [-0.1, -0.05) is 6.07 Å². The number of nitrogens with zero attached hydrogens (tertiary/aromatic N) is 4. The van der Waals surface area contributed by atoms with E-state index in [1.807, 2.05) is 0 Å². The number of carbonyl (C=O) groups excluding carboxylic acids is 1. The number of aromatic nitrogens is 3. The minimum Gasteiger partial charge on any atom is -0.267 e. The maximum absolute atomic E-state index is 12.1. The van der Waals surface area contributed by atoms with E-state index >= 15 is 0 Å². The molecule has 0 aliphatic carbocycles. The Hall–Kier alpha value is -2.57. The van der Waals surface area contributed by atoms with Crippen molar-refractivity contribution in [3.8, 4) is 0 Å². The molecule has 7 heteroatoms. The van der Waals surface area contributed by atoms with Gasteiger partial charge in [0.15, 0.2) is 0 Å². The van der Waals surface area contributed by atoms with E-state index in [1.165, 1.54) is 24.3 Å². The van der Waals surface area contributed by atoms with Crippen molar-refractivity contribution < 1.29 is 9.72 Å². The van der Waals surface area contributed by atoms with Crippen molar-refractivity contribution >= 4 is 11.6 Å². The van der Waals surface area contributed by atoms with E-state index in [2.05, 4.69) is 10.1 Å². The fourth-order valence-corrected chi connectivity index (χ4v) is 1.59. The number of rotatable bonds is 2. The highest BCUT2D eigenvalue weighted by molar-refractivity contribution is 5.96. The minimum absolute atomic E-state index is 0.129. The van der Waals surface area contributed by atoms with Gasteiger partial charge in [0.1, 0.15) is 11.6 Å². The number of non-ortho nitro benzene ring substituents is 1. The zero-order chi connectivity index (χ0) is 13.3. The first-order chi connectivity index (χ1) is 8.49. The van der Waals surface area contributed by atoms with E-state index in [1.54, 1.807) is 13.8 Å². The lowest BCUT2D eigenvalue weighted by Gasteiger charge is -2.01. The molecule has 0 aliphatic heterocycles. The topological polar surface area (TPSA) is 90.9 Å². The van der Waals surface area contributed by atoms with Gasteiger partial charge in [0.2, 0.25) is 0 Å². The molecule has 2 rings (SSSR count). The highest BCUT2D eigenvalue weighted by Crippen LogP contribution is 2.14. The number of nitro groups is 1. The van der Waals surface area contributed by atoms with Crippen LogP contribution in [0.2, 0.25) is 0 Å². The molecular weight excluding hydrogens is 236 g/mol. The van der Waals surface area contributed by atoms with Crippen LogP contribution in [0.3, 0.4) is 0 Å². The normalized spacial score (nSPS) is 10.3. The Labute approximate surface area is 102 Å². The maximum Gasteiger partial charge on any atom is 0.280 e. The third kappa shape index (κ3) is 2.10. The Morgan fingerprint density at radius 3 is 2.67 bits per heavy atom. The van der Waals surface area contributed by atoms with Gasteiger partial charge in [-0.15, -0.1) is 5.10 Å². The predicted molar refractivity (Wildman–Crippen MR) is 62.3 cm³/mol. The molecule has 1 heterocycles. The second-order valence-corrected chi connectivity index (χ2v) is 3.73. The standard InChI is InChI=1S/C11H10N4O3/c1-7-12-8(2)14(13-7)11(16)9-4-3-5-10(6-9)15(17)18/h3-6H,1-2H3. The molecule has 0 amide bonds. The van der Waals surface area contributed by atoms with Crippen LogP contribution in [0.15, 0.2) is 24.3 Å². The molecule has 92 valence electrons. The molecule has 18 heavy (non-hydrogen) atoms. The third-order valence-electron chi connectivity index (χ3n) is 2.37. The molecule has 1 aromatic heterocycles. The summed E-state index contributed by atoms with van der Waals surface area (Å²) in [5.74, 6) is 0.493. The van der Waals surface area contributed by atoms with Crippen LogP contribution in [0.5, 0.6) is 0 Å². The maximum atomic E-state index is 12.1. The summed E-state index contributed by atoms with van der Waals surface area (Å²) in [5.41, 5.74) is 0.0764. The third-order valence-corrected chi connectivity index (χ3v) is 2.37. The monoisotopic (exact) mass is 246 g/mol. The van der Waals surface area contributed by atoms with Crippen molar-refractivity contribution in [3.05, 3.63) is 51.6 Å². The van der Waals surface area contributed by atoms with Gasteiger partial charge in [-0.2, -0.15) is 4.68 Å². The van der Waals surface area contributed by atoms with Gasteiger partial charge in [-0.05, 0) is 19.9 Å². The SMILES string of the molecule is Cc1nc(C)n(C(=O)c2cccc([N+](=O)[O-])c2)n1. The van der Waals surface area contributed by atoms with Gasteiger partial charge in [0.05, 0.1) is 4.92 Å². The molecule has 2 aromatic rings. The van der Waals surface area contributed by atoms with Crippen molar-refractivity contribution in [2.75, 3.05) is 0 Å². The Kier molecular flexibility index (Phi) is 2.88. The van der Waals surface area contributed by atoms with E-state index < -0.39 is 10.8 Å². The van der Waals surface area contributed by atoms with Crippen molar-refractivity contribution in [2.45, 2.75) is 13.8 Å². The summed E-state index contributed by atoms with van der Waals surface area (Å²) in [6.07, 6.45) is 0. The molecule has 0 radical (unpaired) electrons. The van der Waals surface area contributed by atoms with Crippen LogP contribution < -0.4 is 0 Å². The highest BCUT2D eigenvalue weighted by atomic mass is 16.6. The number of hydrogen-bond acceptors (Lipinski definition) is 5. The van der Waals surface area contributed by atoms with E-state index in [0.717, 1.165) is 4.68 Å². The highest BCUT2D eigenvalue weighted by Gasteiger charge is 2.16. The summed E-state index contributed by atoms with van der Waals surface area (Å²) >= 11 is 0. The first-order valence-corrected chi connectivity index (χ1v) is 5.18. The Balaban J connectivity index is 2.43. The zero-order valence-corrected chi connectivity index (χ0v) is 9.82. The van der Waals surface area contributed by atoms with Crippen LogP contribution in [0.1, 0.15) is 22.0 Å². The van der Waals surface area contributed by atoms with Crippen molar-refractivity contribution in [1.82, 2.24) is 14.8 Å². The summed E-state index contributed by atoms with van der Waals surface area (Å²) in [5, 5.41) is 14.6. The molecule has 0 atom stereocenters. The lowest BCUT2D eigenvalue weighted by Crippen LogP contribution is -2.15. The molecule has 0 aliphatic rings. The Morgan fingerprint density at radius 2 is 2.11 bits per heavy atom. The molecule has 0 spiro atoms. The van der Waals surface area contributed by atoms with Gasteiger partial charge in [-0.25, -0.2) is 4.98 Å². The molecule has 0 bridgehead atoms. The van der Waals surface area contributed by atoms with Crippen LogP contribution in [0.4, 0.5) is 5.69 Å². The van der Waals surface area contributed by atoms with Crippen LogP contribution in [-0.2, 0) is 0 Å².